The highest BCUT2D eigenvalue weighted by Gasteiger charge is 2.12. The van der Waals surface area contributed by atoms with Gasteiger partial charge in [-0.15, -0.1) is 0 Å². The molecule has 0 unspecified atom stereocenters. The number of alkyl halides is 2. The fourth-order valence-corrected chi connectivity index (χ4v) is 3.25. The summed E-state index contributed by atoms with van der Waals surface area (Å²) in [5.74, 6) is -0.547. The van der Waals surface area contributed by atoms with Crippen LogP contribution in [0.25, 0.3) is 6.08 Å². The Balaban J connectivity index is 1.83. The van der Waals surface area contributed by atoms with Crippen molar-refractivity contribution in [2.24, 2.45) is 0 Å². The number of carbonyl (C=O) groups excluding carboxylic acids is 1. The van der Waals surface area contributed by atoms with Crippen LogP contribution in [0.2, 0.25) is 0 Å². The number of rotatable bonds is 9. The van der Waals surface area contributed by atoms with Gasteiger partial charge in [-0.1, -0.05) is 35.9 Å². The summed E-state index contributed by atoms with van der Waals surface area (Å²) in [5.41, 5.74) is 1.26. The summed E-state index contributed by atoms with van der Waals surface area (Å²) >= 11 is 0. The van der Waals surface area contributed by atoms with Gasteiger partial charge < -0.3 is 10.1 Å². The lowest BCUT2D eigenvalue weighted by molar-refractivity contribution is -0.116. The van der Waals surface area contributed by atoms with Gasteiger partial charge in [0.25, 0.3) is 0 Å². The van der Waals surface area contributed by atoms with Crippen LogP contribution in [0.15, 0.2) is 59.5 Å². The van der Waals surface area contributed by atoms with Crippen LogP contribution in [0.4, 0.5) is 8.78 Å². The third kappa shape index (κ3) is 6.75. The summed E-state index contributed by atoms with van der Waals surface area (Å²) in [6, 6.07) is 12.4. The minimum atomic E-state index is -3.65. The Bertz CT molecular complexity index is 929. The normalized spacial score (nSPS) is 11.7. The number of aryl methyl sites for hydroxylation is 1. The molecule has 0 aliphatic heterocycles. The Morgan fingerprint density at radius 2 is 1.79 bits per heavy atom. The Labute approximate surface area is 162 Å². The number of hydrogen-bond donors (Lipinski definition) is 2. The van der Waals surface area contributed by atoms with Crippen molar-refractivity contribution in [2.45, 2.75) is 18.4 Å². The molecule has 0 saturated heterocycles. The molecule has 0 fully saturated rings. The van der Waals surface area contributed by atoms with E-state index in [4.69, 9.17) is 0 Å². The van der Waals surface area contributed by atoms with Crippen molar-refractivity contribution < 1.29 is 26.7 Å². The first kappa shape index (κ1) is 21.5. The molecule has 6 nitrogen and oxygen atoms in total. The van der Waals surface area contributed by atoms with Crippen LogP contribution in [0.3, 0.4) is 0 Å². The van der Waals surface area contributed by atoms with Crippen molar-refractivity contribution in [3.8, 4) is 5.75 Å². The highest BCUT2D eigenvalue weighted by Crippen LogP contribution is 2.21. The highest BCUT2D eigenvalue weighted by atomic mass is 32.2. The molecular formula is C19H20F2N2O4S. The molecule has 2 rings (SSSR count). The van der Waals surface area contributed by atoms with Crippen molar-refractivity contribution in [1.82, 2.24) is 10.0 Å². The molecule has 150 valence electrons. The van der Waals surface area contributed by atoms with Crippen molar-refractivity contribution in [3.63, 3.8) is 0 Å². The van der Waals surface area contributed by atoms with Gasteiger partial charge in [0.15, 0.2) is 0 Å². The van der Waals surface area contributed by atoms with Crippen LogP contribution in [-0.4, -0.2) is 34.0 Å². The van der Waals surface area contributed by atoms with E-state index in [9.17, 15) is 22.0 Å². The number of hydrogen-bond acceptors (Lipinski definition) is 4. The third-order valence-electron chi connectivity index (χ3n) is 3.60. The van der Waals surface area contributed by atoms with Crippen molar-refractivity contribution >= 4 is 22.0 Å². The number of carbonyl (C=O) groups is 1. The molecule has 0 bridgehead atoms. The van der Waals surface area contributed by atoms with E-state index in [1.165, 1.54) is 36.4 Å². The molecule has 0 saturated carbocycles. The van der Waals surface area contributed by atoms with Gasteiger partial charge in [-0.05, 0) is 31.2 Å². The van der Waals surface area contributed by atoms with Crippen LogP contribution in [0.1, 0.15) is 11.1 Å². The predicted molar refractivity (Wildman–Crippen MR) is 101 cm³/mol. The maximum atomic E-state index is 12.4. The maximum Gasteiger partial charge on any atom is 0.387 e. The number of amides is 1. The minimum absolute atomic E-state index is 0.000863. The first-order valence-corrected chi connectivity index (χ1v) is 9.82. The first-order valence-electron chi connectivity index (χ1n) is 8.34. The van der Waals surface area contributed by atoms with Gasteiger partial charge >= 0.3 is 6.61 Å². The Morgan fingerprint density at radius 3 is 2.46 bits per heavy atom. The van der Waals surface area contributed by atoms with E-state index in [1.807, 2.05) is 6.92 Å². The Hall–Kier alpha value is -2.78. The third-order valence-corrected chi connectivity index (χ3v) is 5.07. The van der Waals surface area contributed by atoms with Gasteiger partial charge in [-0.3, -0.25) is 4.79 Å². The molecular weight excluding hydrogens is 390 g/mol. The highest BCUT2D eigenvalue weighted by molar-refractivity contribution is 7.89. The fraction of sp³-hybridized carbons (Fsp3) is 0.211. The molecule has 28 heavy (non-hydrogen) atoms. The molecule has 0 atom stereocenters. The van der Waals surface area contributed by atoms with Gasteiger partial charge in [0.1, 0.15) is 5.75 Å². The van der Waals surface area contributed by atoms with Gasteiger partial charge in [0.2, 0.25) is 15.9 Å². The smallest absolute Gasteiger partial charge is 0.387 e. The number of sulfonamides is 1. The lowest BCUT2D eigenvalue weighted by Gasteiger charge is -2.08. The van der Waals surface area contributed by atoms with E-state index < -0.39 is 22.5 Å². The van der Waals surface area contributed by atoms with Gasteiger partial charge in [0.05, 0.1) is 4.90 Å². The number of nitrogens with one attached hydrogen (secondary N) is 2. The molecule has 0 radical (unpaired) electrons. The summed E-state index contributed by atoms with van der Waals surface area (Å²) in [6.07, 6.45) is 2.49. The van der Waals surface area contributed by atoms with Crippen molar-refractivity contribution in [3.05, 3.63) is 65.7 Å². The Morgan fingerprint density at radius 1 is 1.11 bits per heavy atom. The zero-order valence-electron chi connectivity index (χ0n) is 15.1. The van der Waals surface area contributed by atoms with E-state index in [-0.39, 0.29) is 23.7 Å². The lowest BCUT2D eigenvalue weighted by atomic mass is 10.2. The second-order valence-electron chi connectivity index (χ2n) is 5.75. The number of halogens is 2. The van der Waals surface area contributed by atoms with Gasteiger partial charge in [-0.2, -0.15) is 8.78 Å². The molecule has 0 aliphatic rings. The van der Waals surface area contributed by atoms with E-state index in [0.717, 1.165) is 11.6 Å². The zero-order valence-corrected chi connectivity index (χ0v) is 15.9. The van der Waals surface area contributed by atoms with Crippen LogP contribution >= 0.6 is 0 Å². The maximum absolute atomic E-state index is 12.4. The van der Waals surface area contributed by atoms with Crippen LogP contribution < -0.4 is 14.8 Å². The molecule has 2 aromatic rings. The largest absolute Gasteiger partial charge is 0.434 e. The lowest BCUT2D eigenvalue weighted by Crippen LogP contribution is -2.34. The fourth-order valence-electron chi connectivity index (χ4n) is 2.22. The second kappa shape index (κ2) is 9.95. The average molecular weight is 410 g/mol. The van der Waals surface area contributed by atoms with E-state index in [2.05, 4.69) is 14.8 Å². The summed E-state index contributed by atoms with van der Waals surface area (Å²) in [6.45, 7) is -1.06. The average Bonchev–Trinajstić information content (AvgIpc) is 2.64. The minimum Gasteiger partial charge on any atom is -0.434 e. The summed E-state index contributed by atoms with van der Waals surface area (Å²) in [5, 5.41) is 2.50. The molecule has 0 heterocycles. The molecule has 0 spiro atoms. The molecule has 2 aromatic carbocycles. The van der Waals surface area contributed by atoms with E-state index >= 15 is 0 Å². The quantitative estimate of drug-likeness (QED) is 0.492. The van der Waals surface area contributed by atoms with Crippen LogP contribution in [-0.2, 0) is 14.8 Å². The molecule has 0 aliphatic carbocycles. The number of ether oxygens (including phenoxy) is 1. The molecule has 9 heteroatoms. The summed E-state index contributed by atoms with van der Waals surface area (Å²) in [7, 11) is -3.65. The zero-order chi connectivity index (χ0) is 20.6. The van der Waals surface area contributed by atoms with Gasteiger partial charge in [0, 0.05) is 24.7 Å². The number of benzene rings is 2. The van der Waals surface area contributed by atoms with Crippen LogP contribution in [0.5, 0.6) is 5.75 Å². The summed E-state index contributed by atoms with van der Waals surface area (Å²) < 4.78 is 55.7. The van der Waals surface area contributed by atoms with Crippen molar-refractivity contribution in [1.29, 1.82) is 0 Å². The van der Waals surface area contributed by atoms with Gasteiger partial charge in [-0.25, -0.2) is 13.1 Å². The van der Waals surface area contributed by atoms with Crippen molar-refractivity contribution in [2.75, 3.05) is 13.1 Å². The first-order chi connectivity index (χ1) is 13.3. The topological polar surface area (TPSA) is 84.5 Å². The van der Waals surface area contributed by atoms with E-state index in [1.54, 1.807) is 18.2 Å². The van der Waals surface area contributed by atoms with Crippen LogP contribution in [0, 0.1) is 6.92 Å². The monoisotopic (exact) mass is 410 g/mol. The number of para-hydroxylation sites is 1. The molecule has 0 aromatic heterocycles. The second-order valence-corrected chi connectivity index (χ2v) is 7.52. The predicted octanol–water partition coefficient (Wildman–Crippen LogP) is 2.70. The molecule has 1 amide bonds. The SMILES string of the molecule is Cc1ccc(S(=O)(=O)NCCNC(=O)/C=C/c2ccccc2OC(F)F)cc1. The summed E-state index contributed by atoms with van der Waals surface area (Å²) in [4.78, 5) is 12.0. The standard InChI is InChI=1S/C19H20F2N2O4S/c1-14-6-9-16(10-7-14)28(25,26)23-13-12-22-18(24)11-8-15-4-2-3-5-17(15)27-19(20)21/h2-11,19,23H,12-13H2,1H3,(H,22,24)/b11-8+. The van der Waals surface area contributed by atoms with E-state index in [0.29, 0.717) is 5.56 Å². The molecule has 2 N–H and O–H groups in total. The Kier molecular flexibility index (Phi) is 7.65.